The van der Waals surface area contributed by atoms with E-state index in [1.54, 1.807) is 6.92 Å². The molecule has 1 unspecified atom stereocenters. The molecule has 0 aliphatic carbocycles. The molecule has 2 N–H and O–H groups in total. The summed E-state index contributed by atoms with van der Waals surface area (Å²) in [6, 6.07) is 0. The van der Waals surface area contributed by atoms with E-state index in [4.69, 9.17) is 5.11 Å². The number of aliphatic hydroxyl groups excluding tert-OH is 1. The lowest BCUT2D eigenvalue weighted by molar-refractivity contribution is -0.148. The summed E-state index contributed by atoms with van der Waals surface area (Å²) in [7, 11) is 0. The Balaban J connectivity index is 4.65. The van der Waals surface area contributed by atoms with Crippen LogP contribution in [0.4, 0.5) is 13.2 Å². The molecule has 0 bridgehead atoms. The Bertz CT molecular complexity index is 318. The molecule has 0 aliphatic rings. The summed E-state index contributed by atoms with van der Waals surface area (Å²) < 4.78 is 36.3. The molecule has 6 heteroatoms. The number of allylic oxidation sites excluding steroid dienone is 3. The molecule has 0 saturated carbocycles. The van der Waals surface area contributed by atoms with Crippen molar-refractivity contribution in [2.24, 2.45) is 5.92 Å². The van der Waals surface area contributed by atoms with Crippen LogP contribution in [-0.4, -0.2) is 28.5 Å². The smallest absolute Gasteiger partial charge is 0.412 e. The molecule has 0 heterocycles. The number of rotatable bonds is 5. The van der Waals surface area contributed by atoms with Crippen molar-refractivity contribution in [2.75, 3.05) is 0 Å². The van der Waals surface area contributed by atoms with Crippen LogP contribution in [0.2, 0.25) is 0 Å². The summed E-state index contributed by atoms with van der Waals surface area (Å²) in [5.74, 6) is -2.09. The molecule has 0 spiro atoms. The zero-order chi connectivity index (χ0) is 13.6. The third kappa shape index (κ3) is 5.53. The Morgan fingerprint density at radius 1 is 1.41 bits per heavy atom. The Hall–Kier alpha value is -1.30. The quantitative estimate of drug-likeness (QED) is 0.739. The van der Waals surface area contributed by atoms with Gasteiger partial charge in [-0.2, -0.15) is 13.2 Å². The van der Waals surface area contributed by atoms with E-state index in [9.17, 15) is 23.1 Å². The summed E-state index contributed by atoms with van der Waals surface area (Å²) in [6.45, 7) is 2.56. The Labute approximate surface area is 97.3 Å². The van der Waals surface area contributed by atoms with E-state index in [0.29, 0.717) is 6.42 Å². The van der Waals surface area contributed by atoms with E-state index >= 15 is 0 Å². The maximum atomic E-state index is 12.1. The number of aliphatic hydroxyl groups is 1. The summed E-state index contributed by atoms with van der Waals surface area (Å²) in [5, 5.41) is 17.8. The fourth-order valence-corrected chi connectivity index (χ4v) is 1.08. The van der Waals surface area contributed by atoms with Gasteiger partial charge in [0.1, 0.15) is 0 Å². The fourth-order valence-electron chi connectivity index (χ4n) is 1.08. The van der Waals surface area contributed by atoms with Gasteiger partial charge in [0.2, 0.25) is 0 Å². The number of carboxylic acids is 1. The maximum Gasteiger partial charge on any atom is 0.412 e. The van der Waals surface area contributed by atoms with Crippen LogP contribution in [-0.2, 0) is 4.79 Å². The third-order valence-electron chi connectivity index (χ3n) is 2.28. The first kappa shape index (κ1) is 15.7. The van der Waals surface area contributed by atoms with Crippen LogP contribution in [0, 0.1) is 5.92 Å². The summed E-state index contributed by atoms with van der Waals surface area (Å²) in [6.07, 6.45) is -2.45. The molecule has 3 nitrogen and oxygen atoms in total. The van der Waals surface area contributed by atoms with Crippen LogP contribution in [0.3, 0.4) is 0 Å². The van der Waals surface area contributed by atoms with E-state index in [-0.39, 0.29) is 0 Å². The number of alkyl halides is 3. The Morgan fingerprint density at radius 3 is 2.29 bits per heavy atom. The van der Waals surface area contributed by atoms with Crippen LogP contribution >= 0.6 is 0 Å². The number of hydrogen-bond acceptors (Lipinski definition) is 2. The summed E-state index contributed by atoms with van der Waals surface area (Å²) in [4.78, 5) is 10.5. The first-order valence-corrected chi connectivity index (χ1v) is 5.03. The van der Waals surface area contributed by atoms with E-state index < -0.39 is 29.7 Å². The van der Waals surface area contributed by atoms with Crippen LogP contribution in [0.1, 0.15) is 20.3 Å². The van der Waals surface area contributed by atoms with E-state index in [0.717, 1.165) is 19.1 Å². The number of hydrogen-bond donors (Lipinski definition) is 2. The number of carbonyl (C=O) groups is 1. The molecule has 0 aliphatic heterocycles. The molecule has 0 rings (SSSR count). The summed E-state index contributed by atoms with van der Waals surface area (Å²) >= 11 is 0. The normalized spacial score (nSPS) is 17.2. The lowest BCUT2D eigenvalue weighted by atomic mass is 9.99. The van der Waals surface area contributed by atoms with Gasteiger partial charge in [0.25, 0.3) is 0 Å². The van der Waals surface area contributed by atoms with Crippen molar-refractivity contribution in [3.63, 3.8) is 0 Å². The average molecular weight is 252 g/mol. The molecule has 0 saturated heterocycles. The van der Waals surface area contributed by atoms with Gasteiger partial charge in [-0.1, -0.05) is 25.2 Å². The van der Waals surface area contributed by atoms with Crippen LogP contribution in [0.25, 0.3) is 0 Å². The van der Waals surface area contributed by atoms with E-state index in [2.05, 4.69) is 0 Å². The molecule has 0 fully saturated rings. The summed E-state index contributed by atoms with van der Waals surface area (Å²) in [5.41, 5.74) is -0.784. The lowest BCUT2D eigenvalue weighted by Crippen LogP contribution is -2.27. The van der Waals surface area contributed by atoms with Gasteiger partial charge in [0.05, 0.1) is 0 Å². The van der Waals surface area contributed by atoms with Gasteiger partial charge < -0.3 is 10.2 Å². The van der Waals surface area contributed by atoms with Crippen molar-refractivity contribution in [1.82, 2.24) is 0 Å². The Morgan fingerprint density at radius 2 is 1.94 bits per heavy atom. The monoisotopic (exact) mass is 252 g/mol. The minimum Gasteiger partial charge on any atom is -0.479 e. The minimum atomic E-state index is -4.39. The highest BCUT2D eigenvalue weighted by atomic mass is 19.4. The zero-order valence-corrected chi connectivity index (χ0v) is 9.53. The molecule has 98 valence electrons. The van der Waals surface area contributed by atoms with Gasteiger partial charge in [-0.25, -0.2) is 4.79 Å². The molecule has 0 amide bonds. The molecule has 2 atom stereocenters. The SMILES string of the molecule is CC[C@@H](/C=C\C=C(/C)C(F)(F)F)C(O)C(=O)O. The highest BCUT2D eigenvalue weighted by Crippen LogP contribution is 2.24. The largest absolute Gasteiger partial charge is 0.479 e. The van der Waals surface area contributed by atoms with Gasteiger partial charge >= 0.3 is 12.1 Å². The van der Waals surface area contributed by atoms with E-state index in [1.807, 2.05) is 0 Å². The predicted molar refractivity (Wildman–Crippen MR) is 56.4 cm³/mol. The van der Waals surface area contributed by atoms with Crippen LogP contribution in [0.15, 0.2) is 23.8 Å². The second-order valence-corrected chi connectivity index (χ2v) is 3.59. The van der Waals surface area contributed by atoms with Crippen LogP contribution in [0.5, 0.6) is 0 Å². The molecule has 0 radical (unpaired) electrons. The maximum absolute atomic E-state index is 12.1. The van der Waals surface area contributed by atoms with Gasteiger partial charge in [0, 0.05) is 11.5 Å². The molecule has 0 aromatic heterocycles. The minimum absolute atomic E-state index is 0.322. The number of halogens is 3. The van der Waals surface area contributed by atoms with Gasteiger partial charge in [-0.05, 0) is 13.3 Å². The Kier molecular flexibility index (Phi) is 5.95. The van der Waals surface area contributed by atoms with Gasteiger partial charge in [0.15, 0.2) is 6.10 Å². The first-order valence-electron chi connectivity index (χ1n) is 5.03. The lowest BCUT2D eigenvalue weighted by Gasteiger charge is -2.13. The van der Waals surface area contributed by atoms with Crippen molar-refractivity contribution >= 4 is 5.97 Å². The average Bonchev–Trinajstić information content (AvgIpc) is 2.21. The predicted octanol–water partition coefficient (Wildman–Crippen LogP) is 2.52. The van der Waals surface area contributed by atoms with Crippen molar-refractivity contribution in [1.29, 1.82) is 0 Å². The fraction of sp³-hybridized carbons (Fsp3) is 0.545. The highest BCUT2D eigenvalue weighted by molar-refractivity contribution is 5.72. The van der Waals surface area contributed by atoms with Crippen LogP contribution < -0.4 is 0 Å². The third-order valence-corrected chi connectivity index (χ3v) is 2.28. The first-order chi connectivity index (χ1) is 7.70. The second kappa shape index (κ2) is 6.44. The van der Waals surface area contributed by atoms with E-state index in [1.165, 1.54) is 6.08 Å². The molecule has 0 aromatic carbocycles. The second-order valence-electron chi connectivity index (χ2n) is 3.59. The topological polar surface area (TPSA) is 57.5 Å². The molecule has 17 heavy (non-hydrogen) atoms. The molecular formula is C11H15F3O3. The zero-order valence-electron chi connectivity index (χ0n) is 9.53. The molecular weight excluding hydrogens is 237 g/mol. The van der Waals surface area contributed by atoms with Crippen molar-refractivity contribution in [3.8, 4) is 0 Å². The van der Waals surface area contributed by atoms with Crippen molar-refractivity contribution in [2.45, 2.75) is 32.5 Å². The number of carboxylic acid groups (broad SMARTS) is 1. The van der Waals surface area contributed by atoms with Gasteiger partial charge in [-0.3, -0.25) is 0 Å². The van der Waals surface area contributed by atoms with Crippen molar-refractivity contribution in [3.05, 3.63) is 23.8 Å². The standard InChI is InChI=1S/C11H15F3O3/c1-3-8(9(15)10(16)17)6-4-5-7(2)11(12,13)14/h4-6,8-9,15H,3H2,1-2H3,(H,16,17)/b6-4-,7-5+/t8-,9?/m0/s1. The molecule has 0 aromatic rings. The number of aliphatic carboxylic acids is 1. The van der Waals surface area contributed by atoms with Crippen molar-refractivity contribution < 1.29 is 28.2 Å². The van der Waals surface area contributed by atoms with Gasteiger partial charge in [-0.15, -0.1) is 0 Å². The highest BCUT2D eigenvalue weighted by Gasteiger charge is 2.29.